The minimum absolute atomic E-state index is 0.110. The predicted molar refractivity (Wildman–Crippen MR) is 106 cm³/mol. The Labute approximate surface area is 162 Å². The lowest BCUT2D eigenvalue weighted by Gasteiger charge is -2.38. The summed E-state index contributed by atoms with van der Waals surface area (Å²) in [5.74, 6) is -0.254. The third-order valence-electron chi connectivity index (χ3n) is 4.79. The van der Waals surface area contributed by atoms with Crippen molar-refractivity contribution < 1.29 is 9.72 Å². The minimum atomic E-state index is -0.497. The molecule has 27 heavy (non-hydrogen) atoms. The second-order valence-electron chi connectivity index (χ2n) is 6.41. The fourth-order valence-corrected chi connectivity index (χ4v) is 3.46. The van der Waals surface area contributed by atoms with Crippen molar-refractivity contribution in [2.24, 2.45) is 0 Å². The van der Waals surface area contributed by atoms with Crippen LogP contribution in [0.4, 0.5) is 17.1 Å². The molecule has 0 unspecified atom stereocenters. The Morgan fingerprint density at radius 3 is 2.41 bits per heavy atom. The smallest absolute Gasteiger partial charge is 0.292 e. The van der Waals surface area contributed by atoms with Gasteiger partial charge in [-0.05, 0) is 25.1 Å². The monoisotopic (exact) mass is 388 g/mol. The number of nitro groups is 1. The molecule has 0 bridgehead atoms. The summed E-state index contributed by atoms with van der Waals surface area (Å²) in [6.07, 6.45) is 0. The van der Waals surface area contributed by atoms with E-state index < -0.39 is 11.0 Å². The number of carbonyl (C=O) groups is 1. The van der Waals surface area contributed by atoms with Gasteiger partial charge in [0, 0.05) is 32.2 Å². The summed E-state index contributed by atoms with van der Waals surface area (Å²) in [6.45, 7) is 4.74. The average Bonchev–Trinajstić information content (AvgIpc) is 2.68. The zero-order valence-corrected chi connectivity index (χ0v) is 15.7. The molecule has 0 aromatic heterocycles. The Balaban J connectivity index is 1.61. The third kappa shape index (κ3) is 4.37. The van der Waals surface area contributed by atoms with Crippen LogP contribution < -0.4 is 10.2 Å². The number of nitro benzene ring substituents is 1. The van der Waals surface area contributed by atoms with Gasteiger partial charge in [0.2, 0.25) is 5.91 Å². The summed E-state index contributed by atoms with van der Waals surface area (Å²) in [7, 11) is 0. The van der Waals surface area contributed by atoms with Gasteiger partial charge in [0.05, 0.1) is 21.7 Å². The van der Waals surface area contributed by atoms with Gasteiger partial charge in [-0.1, -0.05) is 35.9 Å². The maximum Gasteiger partial charge on any atom is 0.292 e. The number of para-hydroxylation sites is 3. The zero-order valence-electron chi connectivity index (χ0n) is 15.0. The Kier molecular flexibility index (Phi) is 5.93. The molecule has 1 amide bonds. The van der Waals surface area contributed by atoms with Crippen LogP contribution in [0.2, 0.25) is 5.02 Å². The van der Waals surface area contributed by atoms with E-state index in [1.807, 2.05) is 31.2 Å². The zero-order chi connectivity index (χ0) is 19.4. The minimum Gasteiger partial charge on any atom is -0.368 e. The molecule has 1 saturated heterocycles. The van der Waals surface area contributed by atoms with Gasteiger partial charge >= 0.3 is 0 Å². The van der Waals surface area contributed by atoms with Gasteiger partial charge < -0.3 is 10.2 Å². The molecule has 1 N–H and O–H groups in total. The SMILES string of the molecule is C[C@@H](C(=O)Nc1ccccc1[N+](=O)[O-])N1CCN(c2ccccc2Cl)CC1. The fourth-order valence-electron chi connectivity index (χ4n) is 3.20. The van der Waals surface area contributed by atoms with Gasteiger partial charge in [0.25, 0.3) is 5.69 Å². The summed E-state index contributed by atoms with van der Waals surface area (Å²) in [5.41, 5.74) is 1.10. The molecule has 3 rings (SSSR count). The first-order valence-corrected chi connectivity index (χ1v) is 9.13. The Bertz CT molecular complexity index is 837. The van der Waals surface area contributed by atoms with Crippen molar-refractivity contribution in [3.8, 4) is 0 Å². The lowest BCUT2D eigenvalue weighted by atomic mass is 10.2. The summed E-state index contributed by atoms with van der Waals surface area (Å²) in [4.78, 5) is 27.5. The highest BCUT2D eigenvalue weighted by Crippen LogP contribution is 2.27. The number of carbonyl (C=O) groups excluding carboxylic acids is 1. The average molecular weight is 389 g/mol. The molecule has 2 aromatic rings. The van der Waals surface area contributed by atoms with Crippen LogP contribution >= 0.6 is 11.6 Å². The summed E-state index contributed by atoms with van der Waals surface area (Å²) in [5, 5.41) is 14.5. The number of rotatable bonds is 5. The lowest BCUT2D eigenvalue weighted by molar-refractivity contribution is -0.383. The van der Waals surface area contributed by atoms with Crippen LogP contribution in [0.15, 0.2) is 48.5 Å². The van der Waals surface area contributed by atoms with E-state index in [1.54, 1.807) is 12.1 Å². The van der Waals surface area contributed by atoms with Crippen LogP contribution in [-0.4, -0.2) is 48.0 Å². The molecule has 142 valence electrons. The van der Waals surface area contributed by atoms with Gasteiger partial charge in [0.15, 0.2) is 0 Å². The standard InChI is InChI=1S/C19H21ClN4O3/c1-14(19(25)21-16-7-3-5-9-18(16)24(26)27)22-10-12-23(13-11-22)17-8-4-2-6-15(17)20/h2-9,14H,10-13H2,1H3,(H,21,25)/t14-/m0/s1. The van der Waals surface area contributed by atoms with Crippen molar-refractivity contribution in [2.45, 2.75) is 13.0 Å². The van der Waals surface area contributed by atoms with Gasteiger partial charge in [-0.25, -0.2) is 0 Å². The molecule has 7 nitrogen and oxygen atoms in total. The van der Waals surface area contributed by atoms with Gasteiger partial charge in [-0.2, -0.15) is 0 Å². The number of halogens is 1. The topological polar surface area (TPSA) is 78.7 Å². The molecule has 0 saturated carbocycles. The van der Waals surface area contributed by atoms with E-state index in [-0.39, 0.29) is 17.3 Å². The Hall–Kier alpha value is -2.64. The molecular weight excluding hydrogens is 368 g/mol. The largest absolute Gasteiger partial charge is 0.368 e. The Morgan fingerprint density at radius 1 is 1.11 bits per heavy atom. The maximum atomic E-state index is 12.6. The molecule has 1 fully saturated rings. The first-order valence-electron chi connectivity index (χ1n) is 8.75. The first-order chi connectivity index (χ1) is 13.0. The van der Waals surface area contributed by atoms with Crippen molar-refractivity contribution in [1.29, 1.82) is 0 Å². The number of piperazine rings is 1. The predicted octanol–water partition coefficient (Wildman–Crippen LogP) is 3.40. The number of anilines is 2. The molecule has 8 heteroatoms. The van der Waals surface area contributed by atoms with E-state index >= 15 is 0 Å². The highest BCUT2D eigenvalue weighted by Gasteiger charge is 2.27. The number of hydrogen-bond acceptors (Lipinski definition) is 5. The molecule has 1 aliphatic heterocycles. The number of benzene rings is 2. The van der Waals surface area contributed by atoms with Gasteiger partial charge in [0.1, 0.15) is 5.69 Å². The molecule has 1 heterocycles. The van der Waals surface area contributed by atoms with Crippen molar-refractivity contribution in [1.82, 2.24) is 4.90 Å². The molecular formula is C19H21ClN4O3. The second kappa shape index (κ2) is 8.37. The lowest BCUT2D eigenvalue weighted by Crippen LogP contribution is -2.52. The van der Waals surface area contributed by atoms with Crippen LogP contribution in [0.3, 0.4) is 0 Å². The number of nitrogens with zero attached hydrogens (tertiary/aromatic N) is 3. The normalized spacial score (nSPS) is 16.0. The highest BCUT2D eigenvalue weighted by atomic mass is 35.5. The second-order valence-corrected chi connectivity index (χ2v) is 6.82. The number of hydrogen-bond donors (Lipinski definition) is 1. The van der Waals surface area contributed by atoms with Crippen molar-refractivity contribution >= 4 is 34.6 Å². The molecule has 1 aliphatic rings. The van der Waals surface area contributed by atoms with E-state index in [0.717, 1.165) is 18.8 Å². The van der Waals surface area contributed by atoms with Crippen LogP contribution in [0.1, 0.15) is 6.92 Å². The molecule has 0 radical (unpaired) electrons. The third-order valence-corrected chi connectivity index (χ3v) is 5.11. The number of nitrogens with one attached hydrogen (secondary N) is 1. The van der Waals surface area contributed by atoms with Crippen molar-refractivity contribution in [2.75, 3.05) is 36.4 Å². The number of amides is 1. The van der Waals surface area contributed by atoms with E-state index in [2.05, 4.69) is 15.1 Å². The quantitative estimate of drug-likeness (QED) is 0.627. The van der Waals surface area contributed by atoms with Crippen LogP contribution in [0, 0.1) is 10.1 Å². The van der Waals surface area contributed by atoms with Crippen LogP contribution in [0.5, 0.6) is 0 Å². The summed E-state index contributed by atoms with van der Waals surface area (Å²) >= 11 is 6.26. The van der Waals surface area contributed by atoms with E-state index in [9.17, 15) is 14.9 Å². The van der Waals surface area contributed by atoms with Crippen molar-refractivity contribution in [3.63, 3.8) is 0 Å². The van der Waals surface area contributed by atoms with E-state index in [1.165, 1.54) is 12.1 Å². The van der Waals surface area contributed by atoms with Crippen LogP contribution in [0.25, 0.3) is 0 Å². The fraction of sp³-hybridized carbons (Fsp3) is 0.316. The highest BCUT2D eigenvalue weighted by molar-refractivity contribution is 6.33. The summed E-state index contributed by atoms with van der Waals surface area (Å²) in [6, 6.07) is 13.5. The maximum absolute atomic E-state index is 12.6. The van der Waals surface area contributed by atoms with Crippen molar-refractivity contribution in [3.05, 3.63) is 63.7 Å². The van der Waals surface area contributed by atoms with Gasteiger partial charge in [-0.15, -0.1) is 0 Å². The molecule has 2 aromatic carbocycles. The Morgan fingerprint density at radius 2 is 1.74 bits per heavy atom. The van der Waals surface area contributed by atoms with E-state index in [0.29, 0.717) is 18.1 Å². The van der Waals surface area contributed by atoms with E-state index in [4.69, 9.17) is 11.6 Å². The molecule has 0 aliphatic carbocycles. The molecule has 0 spiro atoms. The summed E-state index contributed by atoms with van der Waals surface area (Å²) < 4.78 is 0. The molecule has 1 atom stereocenters. The van der Waals surface area contributed by atoms with Crippen LogP contribution in [-0.2, 0) is 4.79 Å². The van der Waals surface area contributed by atoms with Gasteiger partial charge in [-0.3, -0.25) is 19.8 Å². The first kappa shape index (κ1) is 19.1.